The van der Waals surface area contributed by atoms with Crippen LogP contribution in [-0.2, 0) is 11.3 Å². The van der Waals surface area contributed by atoms with E-state index in [0.29, 0.717) is 6.10 Å². The highest BCUT2D eigenvalue weighted by Crippen LogP contribution is 2.15. The molecule has 5 nitrogen and oxygen atoms in total. The van der Waals surface area contributed by atoms with Gasteiger partial charge in [0.25, 0.3) is 0 Å². The van der Waals surface area contributed by atoms with Crippen molar-refractivity contribution in [2.45, 2.75) is 32.9 Å². The van der Waals surface area contributed by atoms with E-state index in [9.17, 15) is 0 Å². The predicted octanol–water partition coefficient (Wildman–Crippen LogP) is 2.31. The van der Waals surface area contributed by atoms with Crippen LogP contribution in [0.25, 0.3) is 0 Å². The second-order valence-electron chi connectivity index (χ2n) is 7.54. The van der Waals surface area contributed by atoms with Crippen LogP contribution < -0.4 is 4.74 Å². The fourth-order valence-corrected chi connectivity index (χ4v) is 3.79. The van der Waals surface area contributed by atoms with Gasteiger partial charge in [0.15, 0.2) is 0 Å². The molecular weight excluding hydrogens is 326 g/mol. The van der Waals surface area contributed by atoms with Crippen molar-refractivity contribution in [1.29, 1.82) is 0 Å². The molecule has 0 amide bonds. The molecule has 2 fully saturated rings. The molecule has 1 aromatic rings. The molecule has 2 heterocycles. The van der Waals surface area contributed by atoms with Gasteiger partial charge in [-0.05, 0) is 37.6 Å². The normalized spacial score (nSPS) is 23.7. The molecule has 0 bridgehead atoms. The number of rotatable bonds is 7. The molecule has 146 valence electrons. The first kappa shape index (κ1) is 19.6. The zero-order chi connectivity index (χ0) is 18.2. The number of nitrogens with zero attached hydrogens (tertiary/aromatic N) is 3. The summed E-state index contributed by atoms with van der Waals surface area (Å²) in [4.78, 5) is 7.50. The van der Waals surface area contributed by atoms with Crippen molar-refractivity contribution in [3.63, 3.8) is 0 Å². The largest absolute Gasteiger partial charge is 0.492 e. The van der Waals surface area contributed by atoms with Gasteiger partial charge in [0.05, 0.1) is 6.10 Å². The molecule has 1 aromatic carbocycles. The number of hydrogen-bond acceptors (Lipinski definition) is 5. The molecule has 1 atom stereocenters. The Hall–Kier alpha value is -1.14. The van der Waals surface area contributed by atoms with Crippen molar-refractivity contribution < 1.29 is 9.47 Å². The molecule has 0 aromatic heterocycles. The number of benzene rings is 1. The maximum Gasteiger partial charge on any atom is 0.119 e. The summed E-state index contributed by atoms with van der Waals surface area (Å²) in [6.45, 7) is 16.1. The molecule has 0 radical (unpaired) electrons. The van der Waals surface area contributed by atoms with Crippen LogP contribution in [0.4, 0.5) is 0 Å². The molecule has 0 aliphatic carbocycles. The Balaban J connectivity index is 1.37. The highest BCUT2D eigenvalue weighted by molar-refractivity contribution is 5.27. The molecule has 26 heavy (non-hydrogen) atoms. The molecule has 0 N–H and O–H groups in total. The quantitative estimate of drug-likeness (QED) is 0.743. The Labute approximate surface area is 158 Å². The van der Waals surface area contributed by atoms with Crippen LogP contribution in [0.2, 0.25) is 0 Å². The lowest BCUT2D eigenvalue weighted by Gasteiger charge is -2.33. The van der Waals surface area contributed by atoms with E-state index in [4.69, 9.17) is 9.47 Å². The third-order valence-electron chi connectivity index (χ3n) is 5.45. The van der Waals surface area contributed by atoms with Gasteiger partial charge in [0.2, 0.25) is 0 Å². The van der Waals surface area contributed by atoms with E-state index < -0.39 is 0 Å². The standard InChI is InChI=1S/C21H35N3O2/c1-3-22-10-12-23(13-11-22)14-16-26-21-7-5-20(6-8-21)18-24-9-4-15-25-19(2)17-24/h5-8,19H,3-4,9-18H2,1-2H3. The maximum atomic E-state index is 5.96. The summed E-state index contributed by atoms with van der Waals surface area (Å²) in [5, 5.41) is 0. The maximum absolute atomic E-state index is 5.96. The van der Waals surface area contributed by atoms with E-state index in [1.807, 2.05) is 0 Å². The summed E-state index contributed by atoms with van der Waals surface area (Å²) >= 11 is 0. The van der Waals surface area contributed by atoms with Crippen LogP contribution >= 0.6 is 0 Å². The summed E-state index contributed by atoms with van der Waals surface area (Å²) in [6.07, 6.45) is 1.46. The molecule has 3 rings (SSSR count). The smallest absolute Gasteiger partial charge is 0.119 e. The van der Waals surface area contributed by atoms with E-state index in [-0.39, 0.29) is 0 Å². The van der Waals surface area contributed by atoms with Crippen molar-refractivity contribution in [3.05, 3.63) is 29.8 Å². The van der Waals surface area contributed by atoms with Gasteiger partial charge >= 0.3 is 0 Å². The minimum atomic E-state index is 0.333. The first-order valence-corrected chi connectivity index (χ1v) is 10.2. The zero-order valence-electron chi connectivity index (χ0n) is 16.5. The highest BCUT2D eigenvalue weighted by Gasteiger charge is 2.16. The minimum absolute atomic E-state index is 0.333. The van der Waals surface area contributed by atoms with E-state index in [2.05, 4.69) is 52.8 Å². The van der Waals surface area contributed by atoms with E-state index >= 15 is 0 Å². The van der Waals surface area contributed by atoms with Gasteiger partial charge in [0.1, 0.15) is 12.4 Å². The van der Waals surface area contributed by atoms with Crippen LogP contribution in [-0.4, -0.2) is 86.4 Å². The fourth-order valence-electron chi connectivity index (χ4n) is 3.79. The van der Waals surface area contributed by atoms with Gasteiger partial charge in [-0.15, -0.1) is 0 Å². The SMILES string of the molecule is CCN1CCN(CCOc2ccc(CN3CCCOC(C)C3)cc2)CC1. The van der Waals surface area contributed by atoms with Crippen LogP contribution in [0.15, 0.2) is 24.3 Å². The summed E-state index contributed by atoms with van der Waals surface area (Å²) in [5.41, 5.74) is 1.35. The Morgan fingerprint density at radius 3 is 2.46 bits per heavy atom. The Morgan fingerprint density at radius 2 is 1.73 bits per heavy atom. The van der Waals surface area contributed by atoms with E-state index in [1.165, 1.54) is 25.2 Å². The van der Waals surface area contributed by atoms with Crippen molar-refractivity contribution in [1.82, 2.24) is 14.7 Å². The average molecular weight is 362 g/mol. The molecule has 1 unspecified atom stereocenters. The van der Waals surface area contributed by atoms with Gasteiger partial charge in [-0.1, -0.05) is 19.1 Å². The monoisotopic (exact) mass is 361 g/mol. The molecule has 5 heteroatoms. The lowest BCUT2D eigenvalue weighted by Crippen LogP contribution is -2.47. The fraction of sp³-hybridized carbons (Fsp3) is 0.714. The van der Waals surface area contributed by atoms with Crippen LogP contribution in [0.1, 0.15) is 25.8 Å². The van der Waals surface area contributed by atoms with Crippen molar-refractivity contribution in [2.75, 3.05) is 65.6 Å². The molecule has 2 aliphatic heterocycles. The average Bonchev–Trinajstić information content (AvgIpc) is 2.87. The van der Waals surface area contributed by atoms with Gasteiger partial charge in [0, 0.05) is 59.0 Å². The summed E-state index contributed by atoms with van der Waals surface area (Å²) in [6, 6.07) is 8.63. The van der Waals surface area contributed by atoms with Crippen molar-refractivity contribution >= 4 is 0 Å². The molecule has 0 spiro atoms. The third-order valence-corrected chi connectivity index (χ3v) is 5.45. The van der Waals surface area contributed by atoms with Crippen LogP contribution in [0, 0.1) is 0 Å². The lowest BCUT2D eigenvalue weighted by molar-refractivity contribution is 0.0668. The van der Waals surface area contributed by atoms with Crippen molar-refractivity contribution in [3.8, 4) is 5.75 Å². The highest BCUT2D eigenvalue weighted by atomic mass is 16.5. The van der Waals surface area contributed by atoms with Crippen molar-refractivity contribution in [2.24, 2.45) is 0 Å². The number of likely N-dealkylation sites (N-methyl/N-ethyl adjacent to an activating group) is 1. The van der Waals surface area contributed by atoms with E-state index in [0.717, 1.165) is 64.7 Å². The Kier molecular flexibility index (Phi) is 7.74. The van der Waals surface area contributed by atoms with Gasteiger partial charge in [-0.2, -0.15) is 0 Å². The molecule has 0 saturated carbocycles. The second-order valence-corrected chi connectivity index (χ2v) is 7.54. The Bertz CT molecular complexity index is 514. The number of piperazine rings is 1. The van der Waals surface area contributed by atoms with E-state index in [1.54, 1.807) is 0 Å². The molecule has 2 saturated heterocycles. The summed E-state index contributed by atoms with van der Waals surface area (Å²) in [5.74, 6) is 0.980. The predicted molar refractivity (Wildman–Crippen MR) is 106 cm³/mol. The molecular formula is C21H35N3O2. The van der Waals surface area contributed by atoms with Gasteiger partial charge in [-0.3, -0.25) is 9.80 Å². The zero-order valence-corrected chi connectivity index (χ0v) is 16.5. The van der Waals surface area contributed by atoms with Gasteiger partial charge in [-0.25, -0.2) is 0 Å². The Morgan fingerprint density at radius 1 is 1.00 bits per heavy atom. The minimum Gasteiger partial charge on any atom is -0.492 e. The van der Waals surface area contributed by atoms with Gasteiger partial charge < -0.3 is 14.4 Å². The number of hydrogen-bond donors (Lipinski definition) is 0. The summed E-state index contributed by atoms with van der Waals surface area (Å²) in [7, 11) is 0. The van der Waals surface area contributed by atoms with Crippen LogP contribution in [0.5, 0.6) is 5.75 Å². The lowest BCUT2D eigenvalue weighted by atomic mass is 10.2. The third kappa shape index (κ3) is 6.23. The topological polar surface area (TPSA) is 28.2 Å². The first-order chi connectivity index (χ1) is 12.7. The number of ether oxygens (including phenoxy) is 2. The van der Waals surface area contributed by atoms with Crippen LogP contribution in [0.3, 0.4) is 0 Å². The second kappa shape index (κ2) is 10.3. The molecule has 2 aliphatic rings. The summed E-state index contributed by atoms with van der Waals surface area (Å²) < 4.78 is 11.7. The first-order valence-electron chi connectivity index (χ1n) is 10.2.